The van der Waals surface area contributed by atoms with Crippen LogP contribution in [-0.2, 0) is 14.3 Å². The predicted octanol–water partition coefficient (Wildman–Crippen LogP) is 12.7. The molecule has 1 amide bonds. The minimum absolute atomic E-state index is 0.187. The third-order valence-electron chi connectivity index (χ3n) is 12.6. The maximum absolute atomic E-state index is 12.8. The minimum atomic E-state index is -1.56. The Kier molecular flexibility index (Phi) is 42.8. The summed E-state index contributed by atoms with van der Waals surface area (Å²) < 4.78 is 11.1. The summed E-state index contributed by atoms with van der Waals surface area (Å²) in [5, 5.41) is 53.5. The Morgan fingerprint density at radius 1 is 0.538 bits per heavy atom. The Bertz CT molecular complexity index is 1200. The smallest absolute Gasteiger partial charge is 0.220 e. The van der Waals surface area contributed by atoms with Crippen LogP contribution in [0.1, 0.15) is 232 Å². The van der Waals surface area contributed by atoms with Crippen LogP contribution in [0, 0.1) is 0 Å². The fourth-order valence-corrected chi connectivity index (χ4v) is 8.33. The van der Waals surface area contributed by atoms with Crippen molar-refractivity contribution in [2.75, 3.05) is 13.2 Å². The normalized spacial score (nSPS) is 20.4. The van der Waals surface area contributed by atoms with Gasteiger partial charge in [-0.2, -0.15) is 0 Å². The lowest BCUT2D eigenvalue weighted by molar-refractivity contribution is -0.302. The number of aliphatic hydroxyl groups excluding tert-OH is 5. The van der Waals surface area contributed by atoms with E-state index < -0.39 is 49.5 Å². The lowest BCUT2D eigenvalue weighted by Crippen LogP contribution is -2.60. The molecule has 1 fully saturated rings. The monoisotopic (exact) mass is 916 g/mol. The molecule has 0 aromatic heterocycles. The summed E-state index contributed by atoms with van der Waals surface area (Å²) in [6.45, 7) is 3.45. The van der Waals surface area contributed by atoms with Crippen LogP contribution in [-0.4, -0.2) is 87.5 Å². The van der Waals surface area contributed by atoms with Crippen molar-refractivity contribution in [1.29, 1.82) is 0 Å². The molecule has 0 radical (unpaired) electrons. The van der Waals surface area contributed by atoms with E-state index in [0.29, 0.717) is 6.42 Å². The Morgan fingerprint density at radius 3 is 1.38 bits per heavy atom. The molecule has 6 N–H and O–H groups in total. The fourth-order valence-electron chi connectivity index (χ4n) is 8.33. The summed E-state index contributed by atoms with van der Waals surface area (Å²) in [6, 6.07) is -0.799. The zero-order chi connectivity index (χ0) is 47.3. The standard InChI is InChI=1S/C56H101NO8/c1-3-5-7-8-9-10-11-12-13-14-15-16-17-18-19-20-21-22-23-24-25-26-27-28-29-30-31-32-33-34-35-36-37-38-39-40-41-42-44-46-52(60)57-49(50(59)45-43-6-4-2)48-64-56-55(63)54(62)53(61)51(47-58)65-56/h5,7,9-10,12-13,15-16,43,45,49-51,53-56,58-59,61-63H,3-4,6,8,11,14,17-42,44,46-48H2,1-2H3,(H,57,60)/b7-5-,10-9-,13-12-,16-15-,45-43+. The van der Waals surface area contributed by atoms with Gasteiger partial charge in [-0.05, 0) is 51.4 Å². The highest BCUT2D eigenvalue weighted by Gasteiger charge is 2.44. The summed E-state index contributed by atoms with van der Waals surface area (Å²) in [5.74, 6) is -0.187. The van der Waals surface area contributed by atoms with E-state index >= 15 is 0 Å². The van der Waals surface area contributed by atoms with Gasteiger partial charge in [0.25, 0.3) is 0 Å². The number of ether oxygens (including phenoxy) is 2. The zero-order valence-corrected chi connectivity index (χ0v) is 41.7. The lowest BCUT2D eigenvalue weighted by atomic mass is 9.99. The van der Waals surface area contributed by atoms with Crippen LogP contribution in [0.15, 0.2) is 60.8 Å². The van der Waals surface area contributed by atoms with Gasteiger partial charge in [0.05, 0.1) is 25.4 Å². The lowest BCUT2D eigenvalue weighted by Gasteiger charge is -2.40. The van der Waals surface area contributed by atoms with Gasteiger partial charge in [-0.15, -0.1) is 0 Å². The maximum atomic E-state index is 12.8. The topological polar surface area (TPSA) is 149 Å². The number of aliphatic hydroxyl groups is 5. The van der Waals surface area contributed by atoms with Crippen molar-refractivity contribution in [2.45, 2.75) is 275 Å². The van der Waals surface area contributed by atoms with Crippen molar-refractivity contribution in [1.82, 2.24) is 5.32 Å². The van der Waals surface area contributed by atoms with E-state index in [-0.39, 0.29) is 12.5 Å². The molecule has 0 saturated carbocycles. The van der Waals surface area contributed by atoms with Crippen LogP contribution >= 0.6 is 0 Å². The second kappa shape index (κ2) is 45.7. The van der Waals surface area contributed by atoms with Gasteiger partial charge in [-0.1, -0.05) is 235 Å². The highest BCUT2D eigenvalue weighted by molar-refractivity contribution is 5.76. The third-order valence-corrected chi connectivity index (χ3v) is 12.6. The number of hydrogen-bond acceptors (Lipinski definition) is 8. The van der Waals surface area contributed by atoms with Gasteiger partial charge in [-0.25, -0.2) is 0 Å². The average Bonchev–Trinajstić information content (AvgIpc) is 3.30. The van der Waals surface area contributed by atoms with Crippen LogP contribution in [0.3, 0.4) is 0 Å². The molecule has 0 spiro atoms. The molecule has 0 aliphatic carbocycles. The highest BCUT2D eigenvalue weighted by Crippen LogP contribution is 2.23. The van der Waals surface area contributed by atoms with Gasteiger partial charge >= 0.3 is 0 Å². The average molecular weight is 916 g/mol. The van der Waals surface area contributed by atoms with Crippen molar-refractivity contribution in [3.63, 3.8) is 0 Å². The molecule has 1 aliphatic heterocycles. The van der Waals surface area contributed by atoms with Crippen LogP contribution in [0.25, 0.3) is 0 Å². The molecule has 0 bridgehead atoms. The first kappa shape index (κ1) is 60.9. The van der Waals surface area contributed by atoms with E-state index in [9.17, 15) is 30.3 Å². The molecule has 7 unspecified atom stereocenters. The molecular formula is C56H101NO8. The van der Waals surface area contributed by atoms with E-state index in [1.54, 1.807) is 6.08 Å². The molecule has 378 valence electrons. The van der Waals surface area contributed by atoms with Gasteiger partial charge < -0.3 is 40.3 Å². The first-order valence-corrected chi connectivity index (χ1v) is 27.0. The summed E-state index contributed by atoms with van der Waals surface area (Å²) in [6.07, 6.45) is 55.7. The van der Waals surface area contributed by atoms with Gasteiger partial charge in [0.15, 0.2) is 6.29 Å². The van der Waals surface area contributed by atoms with E-state index in [2.05, 4.69) is 60.8 Å². The largest absolute Gasteiger partial charge is 0.394 e. The molecule has 65 heavy (non-hydrogen) atoms. The summed E-state index contributed by atoms with van der Waals surface area (Å²) in [4.78, 5) is 12.8. The Labute approximate surface area is 398 Å². The van der Waals surface area contributed by atoms with E-state index in [0.717, 1.165) is 57.8 Å². The number of carbonyl (C=O) groups excluding carboxylic acids is 1. The molecule has 9 nitrogen and oxygen atoms in total. The quantitative estimate of drug-likeness (QED) is 0.0261. The zero-order valence-electron chi connectivity index (χ0n) is 41.7. The summed E-state index contributed by atoms with van der Waals surface area (Å²) in [5.41, 5.74) is 0. The van der Waals surface area contributed by atoms with Crippen LogP contribution in [0.2, 0.25) is 0 Å². The minimum Gasteiger partial charge on any atom is -0.394 e. The second-order valence-corrected chi connectivity index (χ2v) is 18.6. The predicted molar refractivity (Wildman–Crippen MR) is 272 cm³/mol. The number of nitrogens with one attached hydrogen (secondary N) is 1. The number of unbranched alkanes of at least 4 members (excludes halogenated alkanes) is 27. The number of carbonyl (C=O) groups is 1. The molecule has 1 saturated heterocycles. The molecule has 7 atom stereocenters. The fraction of sp³-hybridized carbons (Fsp3) is 0.804. The first-order chi connectivity index (χ1) is 31.8. The molecule has 9 heteroatoms. The van der Waals surface area contributed by atoms with Crippen LogP contribution < -0.4 is 5.32 Å². The maximum Gasteiger partial charge on any atom is 0.220 e. The van der Waals surface area contributed by atoms with Crippen molar-refractivity contribution in [3.8, 4) is 0 Å². The summed E-state index contributed by atoms with van der Waals surface area (Å²) in [7, 11) is 0. The van der Waals surface area contributed by atoms with Crippen molar-refractivity contribution in [3.05, 3.63) is 60.8 Å². The van der Waals surface area contributed by atoms with E-state index in [4.69, 9.17) is 9.47 Å². The Balaban J connectivity index is 1.89. The summed E-state index contributed by atoms with van der Waals surface area (Å²) >= 11 is 0. The van der Waals surface area contributed by atoms with Gasteiger partial charge in [0.1, 0.15) is 24.4 Å². The van der Waals surface area contributed by atoms with Crippen molar-refractivity contribution >= 4 is 5.91 Å². The molecule has 1 rings (SSSR count). The van der Waals surface area contributed by atoms with Gasteiger partial charge in [-0.3, -0.25) is 4.79 Å². The number of allylic oxidation sites excluding steroid dienone is 9. The molecule has 1 aliphatic rings. The molecular weight excluding hydrogens is 815 g/mol. The molecule has 1 heterocycles. The van der Waals surface area contributed by atoms with Crippen molar-refractivity contribution in [2.24, 2.45) is 0 Å². The Morgan fingerprint density at radius 2 is 0.954 bits per heavy atom. The second-order valence-electron chi connectivity index (χ2n) is 18.6. The van der Waals surface area contributed by atoms with Gasteiger partial charge in [0, 0.05) is 6.42 Å². The SMILES string of the molecule is CC/C=C\C/C=C\C/C=C\C/C=C\CCCCCCCCCCCCCCCCCCCCCCCCCCCCC(=O)NC(COC1OC(CO)C(O)C(O)C1O)C(O)/C=C/CCC. The number of rotatable bonds is 45. The molecule has 0 aromatic rings. The van der Waals surface area contributed by atoms with Gasteiger partial charge in [0.2, 0.25) is 5.91 Å². The Hall–Kier alpha value is -2.11. The number of amides is 1. The number of hydrogen-bond donors (Lipinski definition) is 6. The van der Waals surface area contributed by atoms with Crippen LogP contribution in [0.5, 0.6) is 0 Å². The van der Waals surface area contributed by atoms with E-state index in [1.807, 2.05) is 13.0 Å². The van der Waals surface area contributed by atoms with Crippen molar-refractivity contribution < 1.29 is 39.8 Å². The first-order valence-electron chi connectivity index (χ1n) is 27.0. The third kappa shape index (κ3) is 35.7. The highest BCUT2D eigenvalue weighted by atomic mass is 16.7. The molecule has 0 aromatic carbocycles. The van der Waals surface area contributed by atoms with Crippen LogP contribution in [0.4, 0.5) is 0 Å². The van der Waals surface area contributed by atoms with E-state index in [1.165, 1.54) is 154 Å².